The molecule has 0 unspecified atom stereocenters. The maximum atomic E-state index is 11.9. The van der Waals surface area contributed by atoms with Crippen LogP contribution in [0.1, 0.15) is 12.5 Å². The van der Waals surface area contributed by atoms with E-state index in [9.17, 15) is 18.0 Å². The van der Waals surface area contributed by atoms with Gasteiger partial charge < -0.3 is 10.5 Å². The molecule has 0 saturated carbocycles. The Balaban J connectivity index is 3.00. The smallest absolute Gasteiger partial charge is 0.327 e. The molecule has 0 spiro atoms. The van der Waals surface area contributed by atoms with Crippen LogP contribution in [0.25, 0.3) is 0 Å². The number of ether oxygens (including phenoxy) is 1. The Morgan fingerprint density at radius 2 is 1.90 bits per heavy atom. The lowest BCUT2D eigenvalue weighted by atomic mass is 10.2. The van der Waals surface area contributed by atoms with Crippen molar-refractivity contribution in [2.24, 2.45) is 5.73 Å². The first-order chi connectivity index (χ1) is 9.62. The van der Waals surface area contributed by atoms with Gasteiger partial charge in [0.1, 0.15) is 6.54 Å². The molecular formula is C13H18N2O5S. The molecule has 0 aliphatic heterocycles. The van der Waals surface area contributed by atoms with Gasteiger partial charge >= 0.3 is 5.97 Å². The highest BCUT2D eigenvalue weighted by Gasteiger charge is 2.24. The van der Waals surface area contributed by atoms with Gasteiger partial charge in [-0.3, -0.25) is 13.9 Å². The predicted molar refractivity (Wildman–Crippen MR) is 78.1 cm³/mol. The normalized spacial score (nSPS) is 12.5. The number of primary amides is 1. The van der Waals surface area contributed by atoms with Crippen LogP contribution in [-0.2, 0) is 24.3 Å². The van der Waals surface area contributed by atoms with Crippen molar-refractivity contribution < 1.29 is 22.7 Å². The van der Waals surface area contributed by atoms with E-state index >= 15 is 0 Å². The Morgan fingerprint density at radius 1 is 1.33 bits per heavy atom. The minimum absolute atomic E-state index is 0.378. The SMILES string of the molecule is Cc1ccccc1N(CC(=O)O[C@@H](C)C(N)=O)S(C)(=O)=O. The Kier molecular flexibility index (Phi) is 5.31. The summed E-state index contributed by atoms with van der Waals surface area (Å²) in [7, 11) is -3.68. The number of aryl methyl sites for hydroxylation is 1. The van der Waals surface area contributed by atoms with E-state index in [0.29, 0.717) is 11.3 Å². The average Bonchev–Trinajstić information content (AvgIpc) is 2.35. The van der Waals surface area contributed by atoms with E-state index < -0.39 is 34.5 Å². The van der Waals surface area contributed by atoms with Gasteiger partial charge in [-0.1, -0.05) is 18.2 Å². The van der Waals surface area contributed by atoms with Crippen molar-refractivity contribution >= 4 is 27.6 Å². The minimum Gasteiger partial charge on any atom is -0.451 e. The van der Waals surface area contributed by atoms with Gasteiger partial charge in [-0.2, -0.15) is 0 Å². The van der Waals surface area contributed by atoms with Gasteiger partial charge in [0, 0.05) is 0 Å². The number of rotatable bonds is 6. The average molecular weight is 314 g/mol. The van der Waals surface area contributed by atoms with Crippen LogP contribution in [0.5, 0.6) is 0 Å². The summed E-state index contributed by atoms with van der Waals surface area (Å²) in [6.45, 7) is 2.52. The standard InChI is InChI=1S/C13H18N2O5S/c1-9-6-4-5-7-11(9)15(21(3,18)19)8-12(16)20-10(2)13(14)17/h4-7,10H,8H2,1-3H3,(H2,14,17)/t10-/m0/s1. The lowest BCUT2D eigenvalue weighted by Crippen LogP contribution is -2.39. The molecule has 1 amide bonds. The lowest BCUT2D eigenvalue weighted by molar-refractivity contribution is -0.152. The lowest BCUT2D eigenvalue weighted by Gasteiger charge is -2.23. The van der Waals surface area contributed by atoms with E-state index in [4.69, 9.17) is 10.5 Å². The number of hydrogen-bond donors (Lipinski definition) is 1. The van der Waals surface area contributed by atoms with Crippen LogP contribution in [0.3, 0.4) is 0 Å². The summed E-state index contributed by atoms with van der Waals surface area (Å²) in [5, 5.41) is 0. The van der Waals surface area contributed by atoms with Gasteiger partial charge in [0.25, 0.3) is 5.91 Å². The third-order valence-electron chi connectivity index (χ3n) is 2.77. The number of amides is 1. The highest BCUT2D eigenvalue weighted by atomic mass is 32.2. The molecule has 0 heterocycles. The van der Waals surface area contributed by atoms with Crippen molar-refractivity contribution in [1.29, 1.82) is 0 Å². The summed E-state index contributed by atoms with van der Waals surface area (Å²) < 4.78 is 29.4. The molecule has 0 aliphatic rings. The van der Waals surface area contributed by atoms with E-state index in [1.165, 1.54) is 6.92 Å². The summed E-state index contributed by atoms with van der Waals surface area (Å²) in [6, 6.07) is 6.73. The molecule has 0 saturated heterocycles. The van der Waals surface area contributed by atoms with E-state index in [0.717, 1.165) is 10.6 Å². The number of para-hydroxylation sites is 1. The number of hydrogen-bond acceptors (Lipinski definition) is 5. The monoisotopic (exact) mass is 314 g/mol. The first-order valence-corrected chi connectivity index (χ1v) is 8.00. The third-order valence-corrected chi connectivity index (χ3v) is 3.89. The number of carbonyl (C=O) groups is 2. The van der Waals surface area contributed by atoms with Crippen LogP contribution in [0, 0.1) is 6.92 Å². The van der Waals surface area contributed by atoms with Crippen LogP contribution in [0.2, 0.25) is 0 Å². The largest absolute Gasteiger partial charge is 0.451 e. The molecule has 0 aromatic heterocycles. The van der Waals surface area contributed by atoms with Crippen molar-refractivity contribution in [2.75, 3.05) is 17.1 Å². The molecule has 21 heavy (non-hydrogen) atoms. The Labute approximate surface area is 123 Å². The fourth-order valence-electron chi connectivity index (χ4n) is 1.63. The van der Waals surface area contributed by atoms with Crippen molar-refractivity contribution in [1.82, 2.24) is 0 Å². The van der Waals surface area contributed by atoms with Gasteiger partial charge in [-0.25, -0.2) is 8.42 Å². The first-order valence-electron chi connectivity index (χ1n) is 6.15. The molecule has 1 atom stereocenters. The molecular weight excluding hydrogens is 296 g/mol. The van der Waals surface area contributed by atoms with E-state index in [1.54, 1.807) is 31.2 Å². The van der Waals surface area contributed by atoms with Crippen molar-refractivity contribution in [3.8, 4) is 0 Å². The second kappa shape index (κ2) is 6.57. The van der Waals surface area contributed by atoms with Crippen molar-refractivity contribution in [3.63, 3.8) is 0 Å². The molecule has 0 aliphatic carbocycles. The van der Waals surface area contributed by atoms with Crippen LogP contribution in [0.15, 0.2) is 24.3 Å². The van der Waals surface area contributed by atoms with Crippen molar-refractivity contribution in [3.05, 3.63) is 29.8 Å². The van der Waals surface area contributed by atoms with Crippen LogP contribution in [0.4, 0.5) is 5.69 Å². The third kappa shape index (κ3) is 4.75. The van der Waals surface area contributed by atoms with Crippen LogP contribution < -0.4 is 10.0 Å². The molecule has 2 N–H and O–H groups in total. The number of carbonyl (C=O) groups excluding carboxylic acids is 2. The molecule has 0 bridgehead atoms. The van der Waals surface area contributed by atoms with E-state index in [1.807, 2.05) is 0 Å². The Morgan fingerprint density at radius 3 is 2.38 bits per heavy atom. The van der Waals surface area contributed by atoms with Gasteiger partial charge in [-0.05, 0) is 25.5 Å². The fourth-order valence-corrected chi connectivity index (χ4v) is 2.54. The molecule has 116 valence electrons. The number of nitrogens with two attached hydrogens (primary N) is 1. The van der Waals surface area contributed by atoms with Crippen LogP contribution >= 0.6 is 0 Å². The minimum atomic E-state index is -3.68. The summed E-state index contributed by atoms with van der Waals surface area (Å²) >= 11 is 0. The van der Waals surface area contributed by atoms with E-state index in [-0.39, 0.29) is 0 Å². The topological polar surface area (TPSA) is 107 Å². The highest BCUT2D eigenvalue weighted by molar-refractivity contribution is 7.92. The molecule has 7 nitrogen and oxygen atoms in total. The molecule has 0 radical (unpaired) electrons. The summed E-state index contributed by atoms with van der Waals surface area (Å²) in [5.74, 6) is -1.65. The zero-order chi connectivity index (χ0) is 16.2. The molecule has 8 heteroatoms. The molecule has 1 aromatic rings. The second-order valence-electron chi connectivity index (χ2n) is 4.59. The first kappa shape index (κ1) is 17.0. The van der Waals surface area contributed by atoms with Gasteiger partial charge in [0.05, 0.1) is 11.9 Å². The number of esters is 1. The maximum Gasteiger partial charge on any atom is 0.327 e. The molecule has 1 rings (SSSR count). The van der Waals surface area contributed by atoms with Crippen molar-refractivity contribution in [2.45, 2.75) is 20.0 Å². The predicted octanol–water partition coefficient (Wildman–Crippen LogP) is 0.178. The Bertz CT molecular complexity index is 642. The number of anilines is 1. The Hall–Kier alpha value is -2.09. The quantitative estimate of drug-likeness (QED) is 0.754. The number of sulfonamides is 1. The highest BCUT2D eigenvalue weighted by Crippen LogP contribution is 2.21. The second-order valence-corrected chi connectivity index (χ2v) is 6.50. The maximum absolute atomic E-state index is 11.9. The number of benzene rings is 1. The summed E-state index contributed by atoms with van der Waals surface area (Å²) in [4.78, 5) is 22.6. The number of nitrogens with zero attached hydrogens (tertiary/aromatic N) is 1. The summed E-state index contributed by atoms with van der Waals surface area (Å²) in [6.07, 6.45) is -0.125. The zero-order valence-corrected chi connectivity index (χ0v) is 12.9. The fraction of sp³-hybridized carbons (Fsp3) is 0.385. The zero-order valence-electron chi connectivity index (χ0n) is 12.1. The molecule has 0 fully saturated rings. The van der Waals surface area contributed by atoms with E-state index in [2.05, 4.69) is 0 Å². The van der Waals surface area contributed by atoms with Crippen LogP contribution in [-0.4, -0.2) is 39.2 Å². The van der Waals surface area contributed by atoms with Gasteiger partial charge in [0.15, 0.2) is 6.10 Å². The summed E-state index contributed by atoms with van der Waals surface area (Å²) in [5.41, 5.74) is 6.06. The van der Waals surface area contributed by atoms with Gasteiger partial charge in [0.2, 0.25) is 10.0 Å². The van der Waals surface area contributed by atoms with Gasteiger partial charge in [-0.15, -0.1) is 0 Å². The molecule has 1 aromatic carbocycles.